The van der Waals surface area contributed by atoms with E-state index in [4.69, 9.17) is 37.1 Å². The Hall–Kier alpha value is -6.87. The van der Waals surface area contributed by atoms with E-state index in [1.165, 1.54) is 25.9 Å². The van der Waals surface area contributed by atoms with Crippen LogP contribution in [0.2, 0.25) is 196 Å². The fourth-order valence-electron chi connectivity index (χ4n) is 9.38. The van der Waals surface area contributed by atoms with Gasteiger partial charge in [-0.25, -0.2) is 0 Å². The smallest absolute Gasteiger partial charge is 0.242 e. The zero-order valence-corrected chi connectivity index (χ0v) is 82.0. The maximum atomic E-state index is 9.89. The van der Waals surface area contributed by atoms with Crippen LogP contribution in [0.5, 0.6) is 80.5 Å². The number of rotatable bonds is 16. The third-order valence-corrected chi connectivity index (χ3v) is 29.4. The van der Waals surface area contributed by atoms with E-state index in [1.807, 2.05) is 58.0 Å². The second-order valence-corrected chi connectivity index (χ2v) is 84.5. The van der Waals surface area contributed by atoms with Crippen LogP contribution in [0.15, 0.2) is 152 Å². The van der Waals surface area contributed by atoms with Crippen molar-refractivity contribution in [3.05, 3.63) is 174 Å². The van der Waals surface area contributed by atoms with Gasteiger partial charge in [-0.2, -0.15) is 0 Å². The summed E-state index contributed by atoms with van der Waals surface area (Å²) in [5.74, 6) is 6.91. The van der Waals surface area contributed by atoms with Gasteiger partial charge in [0.05, 0.1) is 47.5 Å². The highest BCUT2D eigenvalue weighted by Crippen LogP contribution is 2.35. The minimum atomic E-state index is -1.72. The van der Waals surface area contributed by atoms with Gasteiger partial charge >= 0.3 is 0 Å². The molecule has 0 fully saturated rings. The van der Waals surface area contributed by atoms with Gasteiger partial charge in [0.2, 0.25) is 41.6 Å². The van der Waals surface area contributed by atoms with E-state index in [0.29, 0.717) is 46.0 Å². The molecule has 0 unspecified atom stereocenters. The predicted octanol–water partition coefficient (Wildman–Crippen LogP) is 21.2. The lowest BCUT2D eigenvalue weighted by molar-refractivity contribution is 0.386. The summed E-state index contributed by atoms with van der Waals surface area (Å²) in [4.78, 5) is 0. The minimum Gasteiger partial charge on any atom is -0.544 e. The van der Waals surface area contributed by atoms with Gasteiger partial charge in [-0.3, -0.25) is 0 Å². The molecule has 594 valence electrons. The second kappa shape index (κ2) is 40.7. The average molecular weight is 1640 g/mol. The lowest BCUT2D eigenvalue weighted by atomic mass is 10.1. The van der Waals surface area contributed by atoms with Gasteiger partial charge in [-0.15, -0.1) is 0 Å². The largest absolute Gasteiger partial charge is 0.544 e. The average Bonchev–Trinajstić information content (AvgIpc) is 0.811. The molecule has 8 rings (SSSR count). The third kappa shape index (κ3) is 40.9. The van der Waals surface area contributed by atoms with Gasteiger partial charge in [0.1, 0.15) is 69.0 Å². The summed E-state index contributed by atoms with van der Waals surface area (Å²) >= 11 is 0. The quantitative estimate of drug-likeness (QED) is 0.0423. The molecule has 8 aromatic carbocycles. The van der Waals surface area contributed by atoms with Crippen molar-refractivity contribution < 1.29 is 67.7 Å². The topological polar surface area (TPSA) is 217 Å². The van der Waals surface area contributed by atoms with E-state index in [-0.39, 0.29) is 17.2 Å². The standard InChI is InChI=1S/C12H22O3Si2.C12H22OSi2.C11H18OSi.C10H16O3Si.C10H16O2Si.C10H16OSi.C9H14O2Si.C9H14OSi/c1-16(2,3)14-10-7-8-11(13)12(9-10)15-17(4,5)6;1-14(2,3)10-7-8-11(13)12(9-10)15(4,5)6;1-8-6-10(13(3,4)5)7-9(2)11(8)12;1-12-10-7-8(11)5-6-9(10)13-14(2,3)4;1-8-7-9(5-6-10(8)11)12-13(2,3)4;1-8-7-9(12(2,3)4)5-6-10(8)11;1-12(2,3)11-9-6-4-8(10)5-7-9;1-11(2,3)9-6-4-8(10)5-7-9/h7-9,13H,1-6H3;7-9,13H,1-6H3;6-7,12H,1-5H3;5-7,11H,1-4H3;5-7,11H,1-4H3;5-7,11H,1-4H3;4-7,10H,1-3H3;4-7,10H,1-3H3. The molecule has 107 heavy (non-hydrogen) atoms. The predicted molar refractivity (Wildman–Crippen MR) is 485 cm³/mol. The van der Waals surface area contributed by atoms with Crippen LogP contribution in [0.4, 0.5) is 0 Å². The van der Waals surface area contributed by atoms with Crippen LogP contribution in [0.1, 0.15) is 22.3 Å². The maximum absolute atomic E-state index is 9.89. The lowest BCUT2D eigenvalue weighted by Gasteiger charge is -2.23. The zero-order valence-electron chi connectivity index (χ0n) is 72.0. The van der Waals surface area contributed by atoms with Crippen LogP contribution >= 0.6 is 0 Å². The van der Waals surface area contributed by atoms with Crippen molar-refractivity contribution in [3.63, 3.8) is 0 Å². The van der Waals surface area contributed by atoms with Gasteiger partial charge in [0.25, 0.3) is 0 Å². The highest BCUT2D eigenvalue weighted by molar-refractivity contribution is 6.92. The molecule has 0 aromatic heterocycles. The molecule has 0 bridgehead atoms. The monoisotopic (exact) mass is 1640 g/mol. The number of aryl methyl sites for hydroxylation is 4. The van der Waals surface area contributed by atoms with Crippen LogP contribution in [0.3, 0.4) is 0 Å². The molecule has 0 aliphatic carbocycles. The minimum absolute atomic E-state index is 0.176. The summed E-state index contributed by atoms with van der Waals surface area (Å²) in [6.45, 7) is 74.0. The molecule has 24 heteroatoms. The van der Waals surface area contributed by atoms with Crippen LogP contribution in [0.25, 0.3) is 0 Å². The molecule has 0 saturated heterocycles. The highest BCUT2D eigenvalue weighted by atomic mass is 28.4. The van der Waals surface area contributed by atoms with E-state index in [0.717, 1.165) is 39.5 Å². The Balaban J connectivity index is 0.000000613. The summed E-state index contributed by atoms with van der Waals surface area (Å²) in [6.07, 6.45) is 0. The maximum Gasteiger partial charge on any atom is 0.242 e. The molecule has 0 saturated carbocycles. The summed E-state index contributed by atoms with van der Waals surface area (Å²) in [6, 6.07) is 46.2. The van der Waals surface area contributed by atoms with Crippen molar-refractivity contribution in [2.75, 3.05) is 7.11 Å². The summed E-state index contributed by atoms with van der Waals surface area (Å²) in [7, 11) is -12.7. The number of ether oxygens (including phenoxy) is 1. The van der Waals surface area contributed by atoms with Crippen molar-refractivity contribution >= 4 is 108 Å². The first-order valence-electron chi connectivity index (χ1n) is 36.7. The van der Waals surface area contributed by atoms with Crippen LogP contribution in [-0.4, -0.2) is 130 Å². The number of aromatic hydroxyl groups is 8. The van der Waals surface area contributed by atoms with E-state index in [2.05, 4.69) is 227 Å². The zero-order chi connectivity index (χ0) is 83.2. The van der Waals surface area contributed by atoms with E-state index in [9.17, 15) is 30.6 Å². The number of phenolic OH excluding ortho intramolecular Hbond substituents is 8. The Kier molecular flexibility index (Phi) is 37.3. The molecule has 0 amide bonds. The Labute approximate surface area is 656 Å². The van der Waals surface area contributed by atoms with Crippen LogP contribution in [-0.2, 0) is 0 Å². The number of phenols is 8. The molecule has 0 radical (unpaired) electrons. The summed E-state index contributed by atoms with van der Waals surface area (Å²) in [5, 5.41) is 82.0. The van der Waals surface area contributed by atoms with Gasteiger partial charge in [0.15, 0.2) is 11.5 Å². The molecule has 0 aliphatic heterocycles. The molecule has 0 heterocycles. The van der Waals surface area contributed by atoms with Gasteiger partial charge in [0, 0.05) is 12.1 Å². The van der Waals surface area contributed by atoms with Crippen molar-refractivity contribution in [2.24, 2.45) is 0 Å². The SMILES string of the molecule is COc1cc(O)ccc1O[Si](C)(C)C.C[Si](C)(C)Oc1ccc(O)c(O[Si](C)(C)C)c1.C[Si](C)(C)Oc1ccc(O)cc1.C[Si](C)(C)c1ccc(O)c([Si](C)(C)C)c1.C[Si](C)(C)c1ccc(O)cc1.Cc1cc(O[Si](C)(C)C)ccc1O.Cc1cc([Si](C)(C)C)cc(C)c1O.Cc1cc([Si](C)(C)C)ccc1O. The molecular weight excluding hydrogens is 1500 g/mol. The Morgan fingerprint density at radius 3 is 0.907 bits per heavy atom. The molecule has 14 nitrogen and oxygen atoms in total. The molecule has 0 spiro atoms. The van der Waals surface area contributed by atoms with Crippen LogP contribution in [0, 0.1) is 27.7 Å². The summed E-state index contributed by atoms with van der Waals surface area (Å²) in [5.41, 5.74) is 3.83. The van der Waals surface area contributed by atoms with Crippen molar-refractivity contribution in [3.8, 4) is 80.5 Å². The molecular formula is C83H138O14Si10. The Bertz CT molecular complexity index is 4000. The first-order valence-corrected chi connectivity index (χ1v) is 71.2. The first-order chi connectivity index (χ1) is 48.2. The first kappa shape index (κ1) is 98.1. The number of benzene rings is 8. The van der Waals surface area contributed by atoms with Crippen molar-refractivity contribution in [1.29, 1.82) is 0 Å². The lowest BCUT2D eigenvalue weighted by Crippen LogP contribution is -2.44. The number of hydrogen-bond acceptors (Lipinski definition) is 14. The normalized spacial score (nSPS) is 11.8. The van der Waals surface area contributed by atoms with Crippen molar-refractivity contribution in [1.82, 2.24) is 0 Å². The Morgan fingerprint density at radius 2 is 0.533 bits per heavy atom. The van der Waals surface area contributed by atoms with Gasteiger partial charge < -0.3 is 67.7 Å². The number of hydrogen-bond donors (Lipinski definition) is 8. The summed E-state index contributed by atoms with van der Waals surface area (Å²) < 4.78 is 34.0. The number of methoxy groups -OCH3 is 1. The Morgan fingerprint density at radius 1 is 0.224 bits per heavy atom. The molecule has 8 N–H and O–H groups in total. The molecule has 0 atom stereocenters. The highest BCUT2D eigenvalue weighted by Gasteiger charge is 2.27. The third-order valence-electron chi connectivity index (χ3n) is 15.0. The fourth-order valence-corrected chi connectivity index (χ4v) is 20.0. The molecule has 8 aromatic rings. The van der Waals surface area contributed by atoms with Gasteiger partial charge in [-0.05, 0) is 244 Å². The van der Waals surface area contributed by atoms with E-state index >= 15 is 0 Å². The van der Waals surface area contributed by atoms with E-state index < -0.39 is 82.0 Å². The van der Waals surface area contributed by atoms with Gasteiger partial charge in [-0.1, -0.05) is 167 Å². The van der Waals surface area contributed by atoms with E-state index in [1.54, 1.807) is 98.1 Å². The fraction of sp³-hybridized carbons (Fsp3) is 0.422. The van der Waals surface area contributed by atoms with Crippen LogP contribution < -0.4 is 52.8 Å². The molecule has 0 aliphatic rings. The second-order valence-electron chi connectivity index (χ2n) is 37.0. The van der Waals surface area contributed by atoms with Crippen molar-refractivity contribution in [2.45, 2.75) is 224 Å².